The first-order valence-electron chi connectivity index (χ1n) is 6.26. The predicted octanol–water partition coefficient (Wildman–Crippen LogP) is -2.06. The van der Waals surface area contributed by atoms with Crippen molar-refractivity contribution in [2.24, 2.45) is 11.5 Å². The Morgan fingerprint density at radius 1 is 1.00 bits per heavy atom. The fourth-order valence-corrected chi connectivity index (χ4v) is 1.63. The molecule has 120 valence electrons. The van der Waals surface area contributed by atoms with Crippen molar-refractivity contribution in [1.29, 1.82) is 0 Å². The largest absolute Gasteiger partial charge is 0.369 e. The fraction of sp³-hybridized carbons (Fsp3) is 0.273. The summed E-state index contributed by atoms with van der Waals surface area (Å²) in [5.41, 5.74) is 10.2. The molecule has 12 heteroatoms. The maximum atomic E-state index is 11.1. The molecule has 0 atom stereocenters. The molecular weight excluding hydrogens is 308 g/mol. The van der Waals surface area contributed by atoms with Crippen LogP contribution in [0.1, 0.15) is 18.6 Å². The van der Waals surface area contributed by atoms with Crippen molar-refractivity contribution in [2.75, 3.05) is 5.32 Å². The molecule has 2 aromatic rings. The van der Waals surface area contributed by atoms with Gasteiger partial charge in [0.15, 0.2) is 11.5 Å². The Labute approximate surface area is 128 Å². The Morgan fingerprint density at radius 2 is 1.57 bits per heavy atom. The summed E-state index contributed by atoms with van der Waals surface area (Å²) in [4.78, 5) is 45.1. The first-order valence-corrected chi connectivity index (χ1v) is 6.26. The summed E-state index contributed by atoms with van der Waals surface area (Å²) in [7, 11) is 0. The topological polar surface area (TPSA) is 193 Å². The third-order valence-electron chi connectivity index (χ3n) is 2.39. The number of rotatable bonds is 6. The van der Waals surface area contributed by atoms with Crippen molar-refractivity contribution >= 4 is 23.5 Å². The molecule has 0 aliphatic heterocycles. The van der Waals surface area contributed by atoms with Gasteiger partial charge in [0.05, 0.1) is 12.8 Å². The van der Waals surface area contributed by atoms with Crippen molar-refractivity contribution < 1.29 is 19.0 Å². The summed E-state index contributed by atoms with van der Waals surface area (Å²) in [5.74, 6) is -1.77. The summed E-state index contributed by atoms with van der Waals surface area (Å²) >= 11 is 0. The molecule has 0 saturated carbocycles. The van der Waals surface area contributed by atoms with Crippen molar-refractivity contribution in [1.82, 2.24) is 25.3 Å². The number of nitrogens with one attached hydrogen (secondary N) is 1. The third kappa shape index (κ3) is 4.26. The minimum absolute atomic E-state index is 0.0130. The highest BCUT2D eigenvalue weighted by Crippen LogP contribution is 2.21. The second-order valence-corrected chi connectivity index (χ2v) is 4.42. The molecule has 0 saturated heterocycles. The molecule has 0 unspecified atom stereocenters. The lowest BCUT2D eigenvalue weighted by molar-refractivity contribution is -0.118. The zero-order valence-electron chi connectivity index (χ0n) is 11.9. The van der Waals surface area contributed by atoms with Crippen LogP contribution in [0.15, 0.2) is 4.63 Å². The van der Waals surface area contributed by atoms with Gasteiger partial charge in [0.2, 0.25) is 23.5 Å². The van der Waals surface area contributed by atoms with Gasteiger partial charge in [-0.25, -0.2) is 19.6 Å². The van der Waals surface area contributed by atoms with E-state index < -0.39 is 17.7 Å². The van der Waals surface area contributed by atoms with Crippen LogP contribution in [0.5, 0.6) is 0 Å². The fourth-order valence-electron chi connectivity index (χ4n) is 1.63. The first kappa shape index (κ1) is 15.9. The van der Waals surface area contributed by atoms with Crippen LogP contribution in [0, 0.1) is 0 Å². The van der Waals surface area contributed by atoms with Crippen LogP contribution in [-0.4, -0.2) is 43.0 Å². The smallest absolute Gasteiger partial charge is 0.225 e. The molecule has 0 aromatic carbocycles. The lowest BCUT2D eigenvalue weighted by Gasteiger charge is -2.04. The Kier molecular flexibility index (Phi) is 4.54. The maximum Gasteiger partial charge on any atom is 0.225 e. The van der Waals surface area contributed by atoms with Crippen LogP contribution in [-0.2, 0) is 27.2 Å². The van der Waals surface area contributed by atoms with Gasteiger partial charge in [-0.2, -0.15) is 0 Å². The molecule has 2 rings (SSSR count). The third-order valence-corrected chi connectivity index (χ3v) is 2.39. The minimum Gasteiger partial charge on any atom is -0.369 e. The van der Waals surface area contributed by atoms with Crippen molar-refractivity contribution in [3.63, 3.8) is 0 Å². The van der Waals surface area contributed by atoms with Gasteiger partial charge < -0.3 is 16.8 Å². The monoisotopic (exact) mass is 320 g/mol. The van der Waals surface area contributed by atoms with Gasteiger partial charge in [0.1, 0.15) is 11.6 Å². The molecule has 0 radical (unpaired) electrons. The summed E-state index contributed by atoms with van der Waals surface area (Å²) in [6, 6.07) is 0. The lowest BCUT2D eigenvalue weighted by atomic mass is 10.3. The predicted molar refractivity (Wildman–Crippen MR) is 73.2 cm³/mol. The highest BCUT2D eigenvalue weighted by molar-refractivity contribution is 5.90. The van der Waals surface area contributed by atoms with E-state index >= 15 is 0 Å². The molecule has 0 spiro atoms. The van der Waals surface area contributed by atoms with Crippen LogP contribution in [0.25, 0.3) is 11.5 Å². The van der Waals surface area contributed by atoms with Crippen molar-refractivity contribution in [3.8, 4) is 11.5 Å². The number of carbonyl (C=O) groups excluding carboxylic acids is 3. The average molecular weight is 320 g/mol. The molecule has 2 heterocycles. The molecule has 0 aliphatic carbocycles. The molecule has 5 N–H and O–H groups in total. The molecule has 0 aliphatic rings. The molecule has 0 fully saturated rings. The first-order chi connectivity index (χ1) is 10.8. The Morgan fingerprint density at radius 3 is 2.04 bits per heavy atom. The van der Waals surface area contributed by atoms with Gasteiger partial charge in [0, 0.05) is 6.92 Å². The minimum atomic E-state index is -0.674. The van der Waals surface area contributed by atoms with E-state index in [1.54, 1.807) is 0 Å². The van der Waals surface area contributed by atoms with Gasteiger partial charge in [-0.05, 0) is 10.3 Å². The number of nitrogens with zero attached hydrogens (tertiary/aromatic N) is 5. The number of carbonyl (C=O) groups is 3. The number of primary amides is 2. The number of aromatic nitrogens is 5. The summed E-state index contributed by atoms with van der Waals surface area (Å²) in [6.45, 7) is 1.27. The summed E-state index contributed by atoms with van der Waals surface area (Å²) in [6.07, 6.45) is -0.552. The highest BCUT2D eigenvalue weighted by atomic mass is 16.6. The van der Waals surface area contributed by atoms with Gasteiger partial charge in [-0.1, -0.05) is 0 Å². The standard InChI is InChI=1S/C11H12N8O4/c1-4(20)14-11-9(18-23-19-11)10-16-7(2-5(12)21)15-8(17-10)3-6(13)22/h2-3H2,1H3,(H2,12,21)(H2,13,22)(H,14,19,20). The number of amides is 3. The Bertz CT molecular complexity index is 737. The average Bonchev–Trinajstić information content (AvgIpc) is 2.83. The van der Waals surface area contributed by atoms with Crippen LogP contribution in [0.4, 0.5) is 5.82 Å². The lowest BCUT2D eigenvalue weighted by Crippen LogP contribution is -2.20. The second kappa shape index (κ2) is 6.55. The molecule has 2 aromatic heterocycles. The van der Waals surface area contributed by atoms with Gasteiger partial charge >= 0.3 is 0 Å². The molecule has 12 nitrogen and oxygen atoms in total. The van der Waals surface area contributed by atoms with E-state index in [1.807, 2.05) is 0 Å². The van der Waals surface area contributed by atoms with E-state index in [0.29, 0.717) is 0 Å². The highest BCUT2D eigenvalue weighted by Gasteiger charge is 2.19. The van der Waals surface area contributed by atoms with Crippen molar-refractivity contribution in [3.05, 3.63) is 11.6 Å². The molecule has 3 amide bonds. The normalized spacial score (nSPS) is 10.3. The zero-order chi connectivity index (χ0) is 17.0. The van der Waals surface area contributed by atoms with Crippen LogP contribution in [0.3, 0.4) is 0 Å². The Hall–Kier alpha value is -3.44. The molecule has 23 heavy (non-hydrogen) atoms. The second-order valence-electron chi connectivity index (χ2n) is 4.42. The van der Waals surface area contributed by atoms with E-state index in [4.69, 9.17) is 11.5 Å². The number of nitrogens with two attached hydrogens (primary N) is 2. The van der Waals surface area contributed by atoms with Gasteiger partial charge in [0.25, 0.3) is 0 Å². The summed E-state index contributed by atoms with van der Waals surface area (Å²) < 4.78 is 4.54. The van der Waals surface area contributed by atoms with E-state index in [1.165, 1.54) is 6.92 Å². The van der Waals surface area contributed by atoms with Crippen LogP contribution >= 0.6 is 0 Å². The van der Waals surface area contributed by atoms with E-state index in [0.717, 1.165) is 0 Å². The Balaban J connectivity index is 2.48. The zero-order valence-corrected chi connectivity index (χ0v) is 11.9. The molecule has 0 bridgehead atoms. The van der Waals surface area contributed by atoms with Crippen molar-refractivity contribution in [2.45, 2.75) is 19.8 Å². The van der Waals surface area contributed by atoms with Gasteiger partial charge in [-0.15, -0.1) is 0 Å². The maximum absolute atomic E-state index is 11.1. The SMILES string of the molecule is CC(=O)Nc1nonc1-c1nc(CC(N)=O)nc(CC(N)=O)n1. The van der Waals surface area contributed by atoms with Crippen LogP contribution < -0.4 is 16.8 Å². The quantitative estimate of drug-likeness (QED) is 0.536. The van der Waals surface area contributed by atoms with Crippen LogP contribution in [0.2, 0.25) is 0 Å². The summed E-state index contributed by atoms with van der Waals surface area (Å²) in [5, 5.41) is 9.49. The number of hydrogen-bond acceptors (Lipinski definition) is 9. The number of anilines is 1. The van der Waals surface area contributed by atoms with E-state index in [9.17, 15) is 14.4 Å². The van der Waals surface area contributed by atoms with E-state index in [-0.39, 0.29) is 41.8 Å². The van der Waals surface area contributed by atoms with E-state index in [2.05, 4.69) is 35.2 Å². The van der Waals surface area contributed by atoms with Gasteiger partial charge in [-0.3, -0.25) is 14.4 Å². The number of hydrogen-bond donors (Lipinski definition) is 3. The molecular formula is C11H12N8O4.